The molecule has 0 fully saturated rings. The number of pyridine rings is 1. The number of hydrogen-bond donors (Lipinski definition) is 0. The van der Waals surface area contributed by atoms with Gasteiger partial charge in [-0.15, -0.1) is 12.4 Å². The molecular formula is C33H44ClCoN3. The van der Waals surface area contributed by atoms with Crippen LogP contribution in [0.25, 0.3) is 0 Å². The number of rotatable bonds is 8. The summed E-state index contributed by atoms with van der Waals surface area (Å²) in [7, 11) is 0. The van der Waals surface area contributed by atoms with Gasteiger partial charge in [0.2, 0.25) is 0 Å². The zero-order valence-electron chi connectivity index (χ0n) is 24.6. The van der Waals surface area contributed by atoms with Crippen molar-refractivity contribution in [2.45, 2.75) is 92.9 Å². The second-order valence-electron chi connectivity index (χ2n) is 11.0. The SMILES string of the molecule is CC(=Nc1c(C(C)C)cccc1C(C)C)c1cccc(C(C)=Nc2c(C(C)C)cccc2C(C)C)n1.Cl.[Co]. The molecule has 0 amide bonds. The van der Waals surface area contributed by atoms with E-state index in [1.165, 1.54) is 22.3 Å². The number of aliphatic imine (C=N–C) groups is 2. The Bertz CT molecular complexity index is 1130. The Labute approximate surface area is 247 Å². The van der Waals surface area contributed by atoms with Crippen LogP contribution in [0.5, 0.6) is 0 Å². The minimum absolute atomic E-state index is 0. The largest absolute Gasteiger partial charge is 0.251 e. The molecule has 2 aromatic carbocycles. The van der Waals surface area contributed by atoms with Crippen molar-refractivity contribution in [2.24, 2.45) is 9.98 Å². The Balaban J connectivity index is 0.00000361. The summed E-state index contributed by atoms with van der Waals surface area (Å²) in [6.45, 7) is 22.0. The van der Waals surface area contributed by atoms with Crippen molar-refractivity contribution in [3.8, 4) is 0 Å². The third-order valence-corrected chi connectivity index (χ3v) is 6.73. The summed E-state index contributed by atoms with van der Waals surface area (Å²) in [5.41, 5.74) is 10.9. The molecule has 0 N–H and O–H groups in total. The molecule has 0 atom stereocenters. The molecule has 0 aliphatic heterocycles. The standard InChI is InChI=1S/C33H43N3.ClH.Co/c1-20(2)26-14-11-15-27(21(3)4)32(26)34-24(9)30-18-13-19-31(36-30)25(10)35-33-28(22(5)6)16-12-17-29(33)23(7)8;;/h11-23H,1-10H3;1H;. The fourth-order valence-electron chi connectivity index (χ4n) is 4.57. The molecule has 0 spiro atoms. The van der Waals surface area contributed by atoms with E-state index in [-0.39, 0.29) is 29.2 Å². The van der Waals surface area contributed by atoms with Crippen molar-refractivity contribution in [1.29, 1.82) is 0 Å². The van der Waals surface area contributed by atoms with E-state index in [1.54, 1.807) is 0 Å². The number of hydrogen-bond acceptors (Lipinski definition) is 3. The van der Waals surface area contributed by atoms with Gasteiger partial charge in [0.25, 0.3) is 0 Å². The quantitative estimate of drug-likeness (QED) is 0.246. The van der Waals surface area contributed by atoms with Crippen LogP contribution in [0.2, 0.25) is 0 Å². The molecule has 3 aromatic rings. The molecule has 207 valence electrons. The van der Waals surface area contributed by atoms with E-state index >= 15 is 0 Å². The summed E-state index contributed by atoms with van der Waals surface area (Å²) in [4.78, 5) is 15.3. The predicted molar refractivity (Wildman–Crippen MR) is 164 cm³/mol. The van der Waals surface area contributed by atoms with E-state index in [2.05, 4.69) is 112 Å². The molecule has 0 aliphatic rings. The van der Waals surface area contributed by atoms with E-state index < -0.39 is 0 Å². The third-order valence-electron chi connectivity index (χ3n) is 6.73. The first-order valence-electron chi connectivity index (χ1n) is 13.3. The van der Waals surface area contributed by atoms with Gasteiger partial charge in [-0.05, 0) is 71.9 Å². The van der Waals surface area contributed by atoms with Gasteiger partial charge in [-0.25, -0.2) is 4.98 Å². The van der Waals surface area contributed by atoms with Crippen molar-refractivity contribution >= 4 is 35.2 Å². The number of aromatic nitrogens is 1. The predicted octanol–water partition coefficient (Wildman–Crippen LogP) is 10.3. The van der Waals surface area contributed by atoms with Gasteiger partial charge in [0.05, 0.1) is 34.2 Å². The van der Waals surface area contributed by atoms with Crippen LogP contribution in [0, 0.1) is 0 Å². The van der Waals surface area contributed by atoms with Gasteiger partial charge in [0, 0.05) is 16.8 Å². The molecule has 0 bridgehead atoms. The molecule has 0 saturated carbocycles. The van der Waals surface area contributed by atoms with Crippen LogP contribution in [0.15, 0.2) is 64.6 Å². The van der Waals surface area contributed by atoms with Crippen LogP contribution >= 0.6 is 12.4 Å². The molecule has 0 unspecified atom stereocenters. The van der Waals surface area contributed by atoms with Gasteiger partial charge in [0.15, 0.2) is 0 Å². The van der Waals surface area contributed by atoms with Crippen LogP contribution in [-0.4, -0.2) is 16.4 Å². The molecule has 38 heavy (non-hydrogen) atoms. The van der Waals surface area contributed by atoms with Crippen molar-refractivity contribution in [3.05, 3.63) is 88.2 Å². The second-order valence-corrected chi connectivity index (χ2v) is 11.0. The molecular weight excluding hydrogens is 533 g/mol. The maximum Gasteiger partial charge on any atom is 0.0849 e. The first kappa shape index (κ1) is 33.8. The Hall–Kier alpha value is -2.27. The Morgan fingerprint density at radius 1 is 0.526 bits per heavy atom. The summed E-state index contributed by atoms with van der Waals surface area (Å²) in [6, 6.07) is 19.2. The van der Waals surface area contributed by atoms with Crippen molar-refractivity contribution in [1.82, 2.24) is 4.98 Å². The average molecular weight is 577 g/mol. The van der Waals surface area contributed by atoms with Gasteiger partial charge in [-0.2, -0.15) is 0 Å². The summed E-state index contributed by atoms with van der Waals surface area (Å²) >= 11 is 0. The Morgan fingerprint density at radius 2 is 0.789 bits per heavy atom. The number of nitrogens with zero attached hydrogens (tertiary/aromatic N) is 3. The van der Waals surface area contributed by atoms with Crippen LogP contribution in [-0.2, 0) is 16.8 Å². The second kappa shape index (κ2) is 14.8. The summed E-state index contributed by atoms with van der Waals surface area (Å²) in [6.07, 6.45) is 0. The van der Waals surface area contributed by atoms with Crippen LogP contribution < -0.4 is 0 Å². The summed E-state index contributed by atoms with van der Waals surface area (Å²) in [5.74, 6) is 1.61. The molecule has 1 aromatic heterocycles. The summed E-state index contributed by atoms with van der Waals surface area (Å²) in [5, 5.41) is 0. The van der Waals surface area contributed by atoms with E-state index in [4.69, 9.17) is 15.0 Å². The molecule has 1 radical (unpaired) electrons. The van der Waals surface area contributed by atoms with Crippen molar-refractivity contribution in [2.75, 3.05) is 0 Å². The fraction of sp³-hybridized carbons (Fsp3) is 0.424. The minimum Gasteiger partial charge on any atom is -0.251 e. The molecule has 0 saturated heterocycles. The average Bonchev–Trinajstić information content (AvgIpc) is 2.83. The maximum atomic E-state index is 5.15. The van der Waals surface area contributed by atoms with Gasteiger partial charge in [0.1, 0.15) is 0 Å². The Morgan fingerprint density at radius 3 is 1.05 bits per heavy atom. The Kier molecular flexibility index (Phi) is 13.1. The third kappa shape index (κ3) is 7.88. The zero-order chi connectivity index (χ0) is 26.6. The smallest absolute Gasteiger partial charge is 0.0849 e. The van der Waals surface area contributed by atoms with E-state index in [0.29, 0.717) is 23.7 Å². The number of benzene rings is 2. The first-order valence-corrected chi connectivity index (χ1v) is 13.3. The van der Waals surface area contributed by atoms with Crippen LogP contribution in [0.1, 0.15) is 127 Å². The topological polar surface area (TPSA) is 37.6 Å². The van der Waals surface area contributed by atoms with E-state index in [0.717, 1.165) is 34.2 Å². The molecule has 5 heteroatoms. The van der Waals surface area contributed by atoms with Gasteiger partial charge >= 0.3 is 0 Å². The molecule has 3 nitrogen and oxygen atoms in total. The first-order chi connectivity index (χ1) is 17.0. The molecule has 0 aliphatic carbocycles. The van der Waals surface area contributed by atoms with Crippen molar-refractivity contribution < 1.29 is 16.8 Å². The van der Waals surface area contributed by atoms with E-state index in [9.17, 15) is 0 Å². The molecule has 3 rings (SSSR count). The van der Waals surface area contributed by atoms with Gasteiger partial charge in [-0.1, -0.05) is 97.9 Å². The summed E-state index contributed by atoms with van der Waals surface area (Å²) < 4.78 is 0. The van der Waals surface area contributed by atoms with Gasteiger partial charge in [-0.3, -0.25) is 9.98 Å². The van der Waals surface area contributed by atoms with Crippen LogP contribution in [0.4, 0.5) is 11.4 Å². The van der Waals surface area contributed by atoms with Crippen molar-refractivity contribution in [3.63, 3.8) is 0 Å². The van der Waals surface area contributed by atoms with Gasteiger partial charge < -0.3 is 0 Å². The monoisotopic (exact) mass is 576 g/mol. The fourth-order valence-corrected chi connectivity index (χ4v) is 4.57. The zero-order valence-corrected chi connectivity index (χ0v) is 26.4. The number of halogens is 1. The van der Waals surface area contributed by atoms with E-state index in [1.807, 2.05) is 12.1 Å². The normalized spacial score (nSPS) is 12.3. The minimum atomic E-state index is 0. The number of para-hydroxylation sites is 2. The van der Waals surface area contributed by atoms with Crippen LogP contribution in [0.3, 0.4) is 0 Å². The maximum absolute atomic E-state index is 5.15. The molecule has 1 heterocycles.